The van der Waals surface area contributed by atoms with Crippen LogP contribution in [0, 0.1) is 33.8 Å². The average molecular weight is 420 g/mol. The highest BCUT2D eigenvalue weighted by molar-refractivity contribution is 7.97. The van der Waals surface area contributed by atoms with Gasteiger partial charge in [0.05, 0.1) is 23.0 Å². The van der Waals surface area contributed by atoms with Crippen molar-refractivity contribution in [3.8, 4) is 5.75 Å². The van der Waals surface area contributed by atoms with Gasteiger partial charge in [-0.3, -0.25) is 14.9 Å². The largest absolute Gasteiger partial charge is 0.495 e. The molecule has 1 amide bonds. The number of rotatable bonds is 7. The van der Waals surface area contributed by atoms with Gasteiger partial charge in [-0.1, -0.05) is 0 Å². The van der Waals surface area contributed by atoms with Crippen LogP contribution in [-0.2, 0) is 4.79 Å². The fourth-order valence-corrected chi connectivity index (χ4v) is 6.41. The SMILES string of the molecule is COc1cc([N+](=O)[O-])ccc1SNC(C)(C)C(=O)NC1C2CC3CC(C2)CC1C3. The maximum Gasteiger partial charge on any atom is 0.273 e. The number of carbonyl (C=O) groups is 1. The van der Waals surface area contributed by atoms with E-state index in [2.05, 4.69) is 10.0 Å². The number of nitro benzene ring substituents is 1. The molecular formula is C21H29N3O4S. The smallest absolute Gasteiger partial charge is 0.273 e. The molecule has 2 N–H and O–H groups in total. The van der Waals surface area contributed by atoms with E-state index < -0.39 is 10.5 Å². The second kappa shape index (κ2) is 7.80. The molecular weight excluding hydrogens is 390 g/mol. The predicted molar refractivity (Wildman–Crippen MR) is 112 cm³/mol. The summed E-state index contributed by atoms with van der Waals surface area (Å²) in [4.78, 5) is 24.3. The van der Waals surface area contributed by atoms with Crippen LogP contribution in [0.25, 0.3) is 0 Å². The van der Waals surface area contributed by atoms with Crippen LogP contribution < -0.4 is 14.8 Å². The lowest BCUT2D eigenvalue weighted by Crippen LogP contribution is -2.60. The van der Waals surface area contributed by atoms with E-state index in [4.69, 9.17) is 4.74 Å². The fraction of sp³-hybridized carbons (Fsp3) is 0.667. The van der Waals surface area contributed by atoms with Crippen molar-refractivity contribution in [3.05, 3.63) is 28.3 Å². The summed E-state index contributed by atoms with van der Waals surface area (Å²) in [6.45, 7) is 3.73. The van der Waals surface area contributed by atoms with Gasteiger partial charge in [0, 0.05) is 12.1 Å². The molecule has 0 unspecified atom stereocenters. The Labute approximate surface area is 175 Å². The average Bonchev–Trinajstić information content (AvgIpc) is 2.68. The summed E-state index contributed by atoms with van der Waals surface area (Å²) in [6.07, 6.45) is 6.45. The van der Waals surface area contributed by atoms with Crippen molar-refractivity contribution in [1.82, 2.24) is 10.0 Å². The molecule has 1 aromatic rings. The normalized spacial score (nSPS) is 30.2. The maximum absolute atomic E-state index is 13.1. The summed E-state index contributed by atoms with van der Waals surface area (Å²) in [6, 6.07) is 4.77. The third-order valence-electron chi connectivity index (χ3n) is 6.87. The van der Waals surface area contributed by atoms with E-state index in [1.54, 1.807) is 6.07 Å². The highest BCUT2D eigenvalue weighted by Gasteiger charge is 2.49. The van der Waals surface area contributed by atoms with Crippen LogP contribution in [-0.4, -0.2) is 29.5 Å². The summed E-state index contributed by atoms with van der Waals surface area (Å²) in [5.74, 6) is 3.43. The van der Waals surface area contributed by atoms with Crippen molar-refractivity contribution < 1.29 is 14.5 Å². The minimum atomic E-state index is -0.786. The lowest BCUT2D eigenvalue weighted by atomic mass is 9.54. The van der Waals surface area contributed by atoms with Crippen LogP contribution in [0.15, 0.2) is 23.1 Å². The molecule has 4 saturated carbocycles. The second-order valence-electron chi connectivity index (χ2n) is 9.35. The van der Waals surface area contributed by atoms with E-state index >= 15 is 0 Å². The zero-order valence-electron chi connectivity index (χ0n) is 17.1. The Bertz CT molecular complexity index is 785. The summed E-state index contributed by atoms with van der Waals surface area (Å²) >= 11 is 1.26. The molecule has 0 radical (unpaired) electrons. The number of nitrogens with zero attached hydrogens (tertiary/aromatic N) is 1. The molecule has 0 atom stereocenters. The number of carbonyl (C=O) groups excluding carboxylic acids is 1. The van der Waals surface area contributed by atoms with Crippen molar-refractivity contribution in [2.45, 2.75) is 62.4 Å². The van der Waals surface area contributed by atoms with Gasteiger partial charge in [-0.25, -0.2) is 4.72 Å². The number of amides is 1. The second-order valence-corrected chi connectivity index (χ2v) is 10.2. The molecule has 8 heteroatoms. The first kappa shape index (κ1) is 20.5. The molecule has 158 valence electrons. The number of benzene rings is 1. The van der Waals surface area contributed by atoms with Crippen LogP contribution in [0.1, 0.15) is 46.0 Å². The zero-order valence-corrected chi connectivity index (χ0v) is 18.0. The lowest BCUT2D eigenvalue weighted by Gasteiger charge is -2.54. The van der Waals surface area contributed by atoms with Crippen molar-refractivity contribution in [3.63, 3.8) is 0 Å². The highest BCUT2D eigenvalue weighted by Crippen LogP contribution is 2.53. The third-order valence-corrected chi connectivity index (χ3v) is 8.04. The van der Waals surface area contributed by atoms with Crippen LogP contribution in [0.3, 0.4) is 0 Å². The molecule has 29 heavy (non-hydrogen) atoms. The minimum Gasteiger partial charge on any atom is -0.495 e. The molecule has 0 spiro atoms. The van der Waals surface area contributed by atoms with Crippen molar-refractivity contribution in [2.75, 3.05) is 7.11 Å². The third kappa shape index (κ3) is 4.10. The van der Waals surface area contributed by atoms with Crippen molar-refractivity contribution in [1.29, 1.82) is 0 Å². The van der Waals surface area contributed by atoms with E-state index in [-0.39, 0.29) is 11.6 Å². The van der Waals surface area contributed by atoms with Crippen molar-refractivity contribution >= 4 is 23.5 Å². The Morgan fingerprint density at radius 1 is 1.17 bits per heavy atom. The number of ether oxygens (including phenoxy) is 1. The Balaban J connectivity index is 1.38. The molecule has 4 bridgehead atoms. The van der Waals surface area contributed by atoms with Gasteiger partial charge in [0.1, 0.15) is 11.3 Å². The molecule has 4 aliphatic rings. The van der Waals surface area contributed by atoms with Crippen LogP contribution in [0.2, 0.25) is 0 Å². The number of nitro groups is 1. The van der Waals surface area contributed by atoms with Gasteiger partial charge in [0.25, 0.3) is 5.69 Å². The number of hydrogen-bond acceptors (Lipinski definition) is 6. The first-order valence-corrected chi connectivity index (χ1v) is 11.2. The van der Waals surface area contributed by atoms with Gasteiger partial charge in [-0.05, 0) is 87.6 Å². The van der Waals surface area contributed by atoms with Gasteiger partial charge >= 0.3 is 0 Å². The van der Waals surface area contributed by atoms with Crippen LogP contribution in [0.4, 0.5) is 5.69 Å². The Morgan fingerprint density at radius 2 is 1.79 bits per heavy atom. The van der Waals surface area contributed by atoms with E-state index in [0.29, 0.717) is 28.5 Å². The minimum absolute atomic E-state index is 0.00310. The van der Waals surface area contributed by atoms with Gasteiger partial charge < -0.3 is 10.1 Å². The molecule has 4 fully saturated rings. The van der Waals surface area contributed by atoms with Crippen LogP contribution in [0.5, 0.6) is 5.75 Å². The molecule has 0 aromatic heterocycles. The quantitative estimate of drug-likeness (QED) is 0.395. The van der Waals surface area contributed by atoms with E-state index in [0.717, 1.165) is 11.8 Å². The lowest BCUT2D eigenvalue weighted by molar-refractivity contribution is -0.385. The molecule has 0 saturated heterocycles. The molecule has 0 aliphatic heterocycles. The summed E-state index contributed by atoms with van der Waals surface area (Å²) in [7, 11) is 1.48. The molecule has 4 aliphatic carbocycles. The molecule has 7 nitrogen and oxygen atoms in total. The number of hydrogen-bond donors (Lipinski definition) is 2. The molecule has 1 aromatic carbocycles. The number of nitrogens with one attached hydrogen (secondary N) is 2. The fourth-order valence-electron chi connectivity index (χ4n) is 5.58. The number of methoxy groups -OCH3 is 1. The first-order chi connectivity index (χ1) is 13.8. The topological polar surface area (TPSA) is 93.5 Å². The van der Waals surface area contributed by atoms with E-state index in [1.165, 1.54) is 63.3 Å². The Kier molecular flexibility index (Phi) is 5.50. The summed E-state index contributed by atoms with van der Waals surface area (Å²) < 4.78 is 8.51. The molecule has 5 rings (SSSR count). The van der Waals surface area contributed by atoms with Gasteiger partial charge in [-0.2, -0.15) is 0 Å². The van der Waals surface area contributed by atoms with Crippen LogP contribution >= 0.6 is 11.9 Å². The molecule has 0 heterocycles. The van der Waals surface area contributed by atoms with E-state index in [1.807, 2.05) is 13.8 Å². The van der Waals surface area contributed by atoms with Gasteiger partial charge in [0.15, 0.2) is 0 Å². The Morgan fingerprint density at radius 3 is 2.34 bits per heavy atom. The van der Waals surface area contributed by atoms with Gasteiger partial charge in [-0.15, -0.1) is 0 Å². The van der Waals surface area contributed by atoms with Crippen molar-refractivity contribution in [2.24, 2.45) is 23.7 Å². The first-order valence-electron chi connectivity index (χ1n) is 10.3. The summed E-state index contributed by atoms with van der Waals surface area (Å²) in [5, 5.41) is 14.3. The highest BCUT2D eigenvalue weighted by atomic mass is 32.2. The maximum atomic E-state index is 13.1. The van der Waals surface area contributed by atoms with E-state index in [9.17, 15) is 14.9 Å². The monoisotopic (exact) mass is 419 g/mol. The summed E-state index contributed by atoms with van der Waals surface area (Å²) in [5.41, 5.74) is -0.809. The van der Waals surface area contributed by atoms with Gasteiger partial charge in [0.2, 0.25) is 5.91 Å². The number of non-ortho nitro benzene ring substituents is 1. The standard InChI is InChI=1S/C21H29N3O4S/c1-21(2,23-29-18-5-4-16(24(26)27)11-17(18)28-3)20(25)22-19-14-7-12-6-13(9-14)10-15(19)8-12/h4-5,11-15,19,23H,6-10H2,1-3H3,(H,22,25). The Hall–Kier alpha value is -1.80. The predicted octanol–water partition coefficient (Wildman–Crippen LogP) is 3.92. The zero-order chi connectivity index (χ0) is 20.8.